The van der Waals surface area contributed by atoms with Crippen LogP contribution in [0.4, 0.5) is 0 Å². The van der Waals surface area contributed by atoms with Gasteiger partial charge in [0.05, 0.1) is 6.61 Å². The van der Waals surface area contributed by atoms with E-state index in [1.165, 1.54) is 11.8 Å². The minimum atomic E-state index is 0.537. The third kappa shape index (κ3) is 7.64. The van der Waals surface area contributed by atoms with Gasteiger partial charge in [-0.2, -0.15) is 0 Å². The highest BCUT2D eigenvalue weighted by atomic mass is 32.2. The molecule has 0 bridgehead atoms. The summed E-state index contributed by atoms with van der Waals surface area (Å²) in [6.45, 7) is 2.81. The topological polar surface area (TPSA) is 9.23 Å². The fourth-order valence-corrected chi connectivity index (χ4v) is 1.12. The SMILES string of the molecule is C#CC=CSC(=S)OCCCC. The number of rotatable bonds is 4. The normalized spacial score (nSPS) is 9.67. The van der Waals surface area contributed by atoms with Crippen molar-refractivity contribution in [3.63, 3.8) is 0 Å². The van der Waals surface area contributed by atoms with Crippen LogP contribution in [0.3, 0.4) is 0 Å². The second-order valence-corrected chi connectivity index (χ2v) is 3.55. The van der Waals surface area contributed by atoms with Gasteiger partial charge in [0.1, 0.15) is 0 Å². The van der Waals surface area contributed by atoms with Crippen molar-refractivity contribution in [1.29, 1.82) is 0 Å². The molecule has 0 unspecified atom stereocenters. The van der Waals surface area contributed by atoms with Crippen molar-refractivity contribution in [2.45, 2.75) is 19.8 Å². The molecule has 0 heterocycles. The molecule has 0 rings (SSSR count). The standard InChI is InChI=1S/C9H12OS2/c1-3-5-7-10-9(11)12-8-6-4-2/h2,6,8H,3,5,7H2,1H3. The van der Waals surface area contributed by atoms with Crippen LogP contribution in [0, 0.1) is 12.3 Å². The predicted octanol–water partition coefficient (Wildman–Crippen LogP) is 2.97. The maximum absolute atomic E-state index is 5.20. The minimum absolute atomic E-state index is 0.537. The van der Waals surface area contributed by atoms with E-state index >= 15 is 0 Å². The fourth-order valence-electron chi connectivity index (χ4n) is 0.463. The molecule has 0 aliphatic carbocycles. The van der Waals surface area contributed by atoms with Gasteiger partial charge in [-0.05, 0) is 41.9 Å². The Labute approximate surface area is 83.6 Å². The summed E-state index contributed by atoms with van der Waals surface area (Å²) in [5.41, 5.74) is 0. The van der Waals surface area contributed by atoms with Gasteiger partial charge in [0.2, 0.25) is 4.38 Å². The van der Waals surface area contributed by atoms with Gasteiger partial charge >= 0.3 is 0 Å². The molecule has 66 valence electrons. The number of thiocarbonyl (C=S) groups is 1. The molecule has 0 amide bonds. The van der Waals surface area contributed by atoms with E-state index in [1.807, 2.05) is 0 Å². The Morgan fingerprint density at radius 1 is 1.75 bits per heavy atom. The van der Waals surface area contributed by atoms with Crippen LogP contribution in [0.1, 0.15) is 19.8 Å². The molecule has 0 aliphatic rings. The zero-order chi connectivity index (χ0) is 9.23. The van der Waals surface area contributed by atoms with E-state index < -0.39 is 0 Å². The first-order valence-electron chi connectivity index (χ1n) is 3.75. The summed E-state index contributed by atoms with van der Waals surface area (Å²) in [6, 6.07) is 0. The highest BCUT2D eigenvalue weighted by Crippen LogP contribution is 2.07. The highest BCUT2D eigenvalue weighted by Gasteiger charge is 1.93. The lowest BCUT2D eigenvalue weighted by Crippen LogP contribution is -1.97. The van der Waals surface area contributed by atoms with E-state index in [9.17, 15) is 0 Å². The van der Waals surface area contributed by atoms with Gasteiger partial charge in [0.15, 0.2) is 0 Å². The van der Waals surface area contributed by atoms with Crippen molar-refractivity contribution in [2.75, 3.05) is 6.61 Å². The third-order valence-corrected chi connectivity index (χ3v) is 2.04. The summed E-state index contributed by atoms with van der Waals surface area (Å²) >= 11 is 6.24. The Morgan fingerprint density at radius 2 is 2.50 bits per heavy atom. The minimum Gasteiger partial charge on any atom is -0.478 e. The zero-order valence-electron chi connectivity index (χ0n) is 7.08. The number of unbranched alkanes of at least 4 members (excludes halogenated alkanes) is 1. The summed E-state index contributed by atoms with van der Waals surface area (Å²) < 4.78 is 5.74. The van der Waals surface area contributed by atoms with E-state index in [0.29, 0.717) is 11.0 Å². The van der Waals surface area contributed by atoms with Crippen molar-refractivity contribution >= 4 is 28.4 Å². The Balaban J connectivity index is 3.35. The van der Waals surface area contributed by atoms with Gasteiger partial charge in [0.25, 0.3) is 0 Å². The lowest BCUT2D eigenvalue weighted by Gasteiger charge is -2.02. The van der Waals surface area contributed by atoms with Crippen LogP contribution in [0.5, 0.6) is 0 Å². The summed E-state index contributed by atoms with van der Waals surface area (Å²) in [5.74, 6) is 2.37. The van der Waals surface area contributed by atoms with Crippen LogP contribution in [0.2, 0.25) is 0 Å². The molecular weight excluding hydrogens is 188 g/mol. The van der Waals surface area contributed by atoms with E-state index in [1.54, 1.807) is 11.5 Å². The molecule has 0 radical (unpaired) electrons. The van der Waals surface area contributed by atoms with Gasteiger partial charge in [-0.25, -0.2) is 0 Å². The molecule has 0 aromatic heterocycles. The first-order chi connectivity index (χ1) is 5.81. The lowest BCUT2D eigenvalue weighted by molar-refractivity contribution is 0.313. The second kappa shape index (κ2) is 8.63. The number of hydrogen-bond acceptors (Lipinski definition) is 3. The molecule has 0 aromatic rings. The van der Waals surface area contributed by atoms with Gasteiger partial charge in [0, 0.05) is 0 Å². The average Bonchev–Trinajstić information content (AvgIpc) is 2.06. The van der Waals surface area contributed by atoms with Crippen LogP contribution >= 0.6 is 24.0 Å². The van der Waals surface area contributed by atoms with Gasteiger partial charge in [-0.15, -0.1) is 6.42 Å². The quantitative estimate of drug-likeness (QED) is 0.392. The number of allylic oxidation sites excluding steroid dienone is 1. The van der Waals surface area contributed by atoms with Crippen molar-refractivity contribution in [1.82, 2.24) is 0 Å². The smallest absolute Gasteiger partial charge is 0.224 e. The maximum Gasteiger partial charge on any atom is 0.224 e. The molecule has 0 N–H and O–H groups in total. The van der Waals surface area contributed by atoms with Crippen molar-refractivity contribution in [2.24, 2.45) is 0 Å². The Bertz CT molecular complexity index is 191. The number of terminal acetylenes is 1. The molecule has 0 aliphatic heterocycles. The van der Waals surface area contributed by atoms with E-state index in [-0.39, 0.29) is 0 Å². The second-order valence-electron chi connectivity index (χ2n) is 2.04. The van der Waals surface area contributed by atoms with E-state index in [2.05, 4.69) is 12.8 Å². The van der Waals surface area contributed by atoms with Gasteiger partial charge in [-0.3, -0.25) is 0 Å². The molecule has 0 atom stereocenters. The molecule has 3 heteroatoms. The average molecular weight is 200 g/mol. The third-order valence-electron chi connectivity index (χ3n) is 1.05. The maximum atomic E-state index is 5.20. The van der Waals surface area contributed by atoms with Gasteiger partial charge < -0.3 is 4.74 Å². The van der Waals surface area contributed by atoms with Gasteiger partial charge in [-0.1, -0.05) is 19.3 Å². The van der Waals surface area contributed by atoms with Crippen molar-refractivity contribution < 1.29 is 4.74 Å². The van der Waals surface area contributed by atoms with Crippen LogP contribution in [0.25, 0.3) is 0 Å². The monoisotopic (exact) mass is 200 g/mol. The largest absolute Gasteiger partial charge is 0.478 e. The lowest BCUT2D eigenvalue weighted by atomic mass is 10.4. The molecule has 0 aromatic carbocycles. The number of ether oxygens (including phenoxy) is 1. The summed E-state index contributed by atoms with van der Waals surface area (Å²) in [5, 5.41) is 1.74. The molecule has 0 fully saturated rings. The van der Waals surface area contributed by atoms with Crippen molar-refractivity contribution in [3.05, 3.63) is 11.5 Å². The summed E-state index contributed by atoms with van der Waals surface area (Å²) in [4.78, 5) is 0. The summed E-state index contributed by atoms with van der Waals surface area (Å²) in [6.07, 6.45) is 8.76. The first-order valence-corrected chi connectivity index (χ1v) is 5.04. The van der Waals surface area contributed by atoms with Crippen LogP contribution in [-0.4, -0.2) is 11.0 Å². The Kier molecular flexibility index (Phi) is 8.30. The highest BCUT2D eigenvalue weighted by molar-refractivity contribution is 8.24. The van der Waals surface area contributed by atoms with Crippen LogP contribution < -0.4 is 0 Å². The fraction of sp³-hybridized carbons (Fsp3) is 0.444. The molecule has 0 spiro atoms. The molecule has 0 saturated heterocycles. The van der Waals surface area contributed by atoms with E-state index in [0.717, 1.165) is 12.8 Å². The molecule has 0 saturated carbocycles. The Morgan fingerprint density at radius 3 is 3.08 bits per heavy atom. The Hall–Kier alpha value is -0.460. The van der Waals surface area contributed by atoms with Crippen molar-refractivity contribution in [3.8, 4) is 12.3 Å². The van der Waals surface area contributed by atoms with E-state index in [4.69, 9.17) is 23.4 Å². The van der Waals surface area contributed by atoms with Crippen LogP contribution in [-0.2, 0) is 4.74 Å². The zero-order valence-corrected chi connectivity index (χ0v) is 8.71. The first kappa shape index (κ1) is 11.5. The molecular formula is C9H12OS2. The predicted molar refractivity (Wildman–Crippen MR) is 59.0 cm³/mol. The summed E-state index contributed by atoms with van der Waals surface area (Å²) in [7, 11) is 0. The molecule has 12 heavy (non-hydrogen) atoms. The molecule has 1 nitrogen and oxygen atoms in total. The van der Waals surface area contributed by atoms with Crippen LogP contribution in [0.15, 0.2) is 11.5 Å². The number of thioether (sulfide) groups is 1. The number of hydrogen-bond donors (Lipinski definition) is 0.